The second-order valence-electron chi connectivity index (χ2n) is 9.84. The van der Waals surface area contributed by atoms with E-state index in [2.05, 4.69) is 29.1 Å². The summed E-state index contributed by atoms with van der Waals surface area (Å²) in [6.45, 7) is 11.8. The topological polar surface area (TPSA) is 101 Å². The number of rotatable bonds is 12. The zero-order valence-electron chi connectivity index (χ0n) is 23.4. The molecule has 0 aromatic heterocycles. The average Bonchev–Trinajstić information content (AvgIpc) is 3.37. The molecule has 3 rings (SSSR count). The van der Waals surface area contributed by atoms with Crippen molar-refractivity contribution >= 4 is 21.8 Å². The molecule has 9 nitrogen and oxygen atoms in total. The Labute approximate surface area is 226 Å². The fourth-order valence-corrected chi connectivity index (χ4v) is 6.03. The van der Waals surface area contributed by atoms with Gasteiger partial charge in [0.15, 0.2) is 0 Å². The lowest BCUT2D eigenvalue weighted by atomic mass is 10.1. The SMILES string of the molecule is COc1cc(C)c(S(=O)(=O)N(C)CCOC(C)C(=O)NCc2ccc(C3=NCCN3C(C)C)cc2)c(C)c1. The zero-order chi connectivity index (χ0) is 28.0. The summed E-state index contributed by atoms with van der Waals surface area (Å²) < 4.78 is 38.4. The molecule has 0 fully saturated rings. The first kappa shape index (κ1) is 29.6. The fraction of sp³-hybridized carbons (Fsp3) is 0.500. The lowest BCUT2D eigenvalue weighted by Crippen LogP contribution is -2.37. The molecule has 2 aromatic rings. The summed E-state index contributed by atoms with van der Waals surface area (Å²) >= 11 is 0. The van der Waals surface area contributed by atoms with Crippen LogP contribution in [0.3, 0.4) is 0 Å². The first-order valence-electron chi connectivity index (χ1n) is 12.9. The molecule has 1 aliphatic heterocycles. The van der Waals surface area contributed by atoms with Gasteiger partial charge in [-0.1, -0.05) is 24.3 Å². The average molecular weight is 545 g/mol. The molecule has 38 heavy (non-hydrogen) atoms. The van der Waals surface area contributed by atoms with Crippen molar-refractivity contribution < 1.29 is 22.7 Å². The van der Waals surface area contributed by atoms with Crippen molar-refractivity contribution in [1.82, 2.24) is 14.5 Å². The number of carbonyl (C=O) groups is 1. The number of amides is 1. The molecule has 1 N–H and O–H groups in total. The number of benzene rings is 2. The molecule has 0 saturated heterocycles. The standard InChI is InChI=1S/C28H40N4O5S/c1-19(2)32-13-12-29-27(32)24-10-8-23(9-11-24)18-30-28(33)22(5)37-15-14-31(6)38(34,35)26-20(3)16-25(36-7)17-21(26)4/h8-11,16-17,19,22H,12-15,18H2,1-7H3,(H,30,33). The Morgan fingerprint density at radius 3 is 2.34 bits per heavy atom. The molecule has 1 heterocycles. The molecular formula is C28H40N4O5S. The van der Waals surface area contributed by atoms with Crippen LogP contribution in [0, 0.1) is 13.8 Å². The molecule has 0 bridgehead atoms. The van der Waals surface area contributed by atoms with Crippen LogP contribution in [0.1, 0.15) is 43.0 Å². The fourth-order valence-electron chi connectivity index (χ4n) is 4.47. The predicted molar refractivity (Wildman–Crippen MR) is 149 cm³/mol. The number of methoxy groups -OCH3 is 1. The van der Waals surface area contributed by atoms with Crippen molar-refractivity contribution in [3.05, 3.63) is 58.7 Å². The van der Waals surface area contributed by atoms with E-state index in [1.807, 2.05) is 24.3 Å². The van der Waals surface area contributed by atoms with Crippen molar-refractivity contribution in [2.75, 3.05) is 40.4 Å². The summed E-state index contributed by atoms with van der Waals surface area (Å²) in [5.74, 6) is 1.37. The third-order valence-corrected chi connectivity index (χ3v) is 8.82. The van der Waals surface area contributed by atoms with E-state index in [0.29, 0.717) is 29.5 Å². The summed E-state index contributed by atoms with van der Waals surface area (Å²) in [7, 11) is -0.667. The quantitative estimate of drug-likeness (QED) is 0.441. The summed E-state index contributed by atoms with van der Waals surface area (Å²) in [5, 5.41) is 2.89. The summed E-state index contributed by atoms with van der Waals surface area (Å²) in [6, 6.07) is 11.8. The highest BCUT2D eigenvalue weighted by atomic mass is 32.2. The van der Waals surface area contributed by atoms with Gasteiger partial charge in [0.25, 0.3) is 0 Å². The number of amidine groups is 1. The molecule has 0 saturated carbocycles. The monoisotopic (exact) mass is 544 g/mol. The van der Waals surface area contributed by atoms with Crippen LogP contribution in [-0.2, 0) is 26.1 Å². The van der Waals surface area contributed by atoms with Gasteiger partial charge in [-0.15, -0.1) is 0 Å². The van der Waals surface area contributed by atoms with E-state index in [9.17, 15) is 13.2 Å². The van der Waals surface area contributed by atoms with E-state index < -0.39 is 16.1 Å². The molecule has 1 amide bonds. The molecule has 2 aromatic carbocycles. The number of likely N-dealkylation sites (N-methyl/N-ethyl adjacent to an activating group) is 1. The summed E-state index contributed by atoms with van der Waals surface area (Å²) in [6.07, 6.45) is -0.720. The lowest BCUT2D eigenvalue weighted by molar-refractivity contribution is -0.131. The van der Waals surface area contributed by atoms with E-state index in [1.165, 1.54) is 11.4 Å². The Morgan fingerprint density at radius 2 is 1.76 bits per heavy atom. The Kier molecular flexibility index (Phi) is 9.92. The van der Waals surface area contributed by atoms with Crippen molar-refractivity contribution in [1.29, 1.82) is 0 Å². The van der Waals surface area contributed by atoms with Gasteiger partial charge in [-0.3, -0.25) is 9.79 Å². The van der Waals surface area contributed by atoms with Crippen LogP contribution in [0.4, 0.5) is 0 Å². The number of aliphatic imine (C=N–C) groups is 1. The molecular weight excluding hydrogens is 504 g/mol. The summed E-state index contributed by atoms with van der Waals surface area (Å²) in [5.41, 5.74) is 3.27. The number of sulfonamides is 1. The zero-order valence-corrected chi connectivity index (χ0v) is 24.3. The van der Waals surface area contributed by atoms with Gasteiger partial charge >= 0.3 is 0 Å². The number of aryl methyl sites for hydroxylation is 2. The van der Waals surface area contributed by atoms with Gasteiger partial charge in [0.05, 0.1) is 25.2 Å². The van der Waals surface area contributed by atoms with E-state index >= 15 is 0 Å². The maximum Gasteiger partial charge on any atom is 0.249 e. The molecule has 1 unspecified atom stereocenters. The summed E-state index contributed by atoms with van der Waals surface area (Å²) in [4.78, 5) is 19.7. The Bertz CT molecular complexity index is 1240. The first-order valence-corrected chi connectivity index (χ1v) is 14.3. The number of hydrogen-bond acceptors (Lipinski definition) is 7. The largest absolute Gasteiger partial charge is 0.497 e. The van der Waals surface area contributed by atoms with Gasteiger partial charge < -0.3 is 19.7 Å². The van der Waals surface area contributed by atoms with Gasteiger partial charge in [-0.05, 0) is 63.4 Å². The van der Waals surface area contributed by atoms with Gasteiger partial charge in [-0.25, -0.2) is 8.42 Å². The number of nitrogens with one attached hydrogen (secondary N) is 1. The van der Waals surface area contributed by atoms with Crippen LogP contribution < -0.4 is 10.1 Å². The van der Waals surface area contributed by atoms with Gasteiger partial charge in [0.2, 0.25) is 15.9 Å². The Morgan fingerprint density at radius 1 is 1.13 bits per heavy atom. The van der Waals surface area contributed by atoms with E-state index in [-0.39, 0.29) is 24.0 Å². The highest BCUT2D eigenvalue weighted by Crippen LogP contribution is 2.27. The Balaban J connectivity index is 1.48. The van der Waals surface area contributed by atoms with Crippen LogP contribution in [0.15, 0.2) is 46.3 Å². The van der Waals surface area contributed by atoms with Gasteiger partial charge in [0.1, 0.15) is 17.7 Å². The lowest BCUT2D eigenvalue weighted by Gasteiger charge is -2.24. The smallest absolute Gasteiger partial charge is 0.249 e. The molecule has 1 atom stereocenters. The van der Waals surface area contributed by atoms with Crippen LogP contribution in [0.2, 0.25) is 0 Å². The molecule has 208 valence electrons. The van der Waals surface area contributed by atoms with Crippen molar-refractivity contribution in [2.45, 2.75) is 58.2 Å². The van der Waals surface area contributed by atoms with Gasteiger partial charge in [-0.2, -0.15) is 4.31 Å². The minimum Gasteiger partial charge on any atom is -0.497 e. The Hall–Kier alpha value is -2.95. The molecule has 0 spiro atoms. The third-order valence-electron chi connectivity index (χ3n) is 6.66. The number of carbonyl (C=O) groups excluding carboxylic acids is 1. The third kappa shape index (κ3) is 6.92. The van der Waals surface area contributed by atoms with Crippen molar-refractivity contribution in [3.63, 3.8) is 0 Å². The van der Waals surface area contributed by atoms with E-state index in [0.717, 1.165) is 30.1 Å². The number of hydrogen-bond donors (Lipinski definition) is 1. The number of nitrogens with zero attached hydrogens (tertiary/aromatic N) is 3. The first-order chi connectivity index (χ1) is 17.9. The maximum atomic E-state index is 13.1. The van der Waals surface area contributed by atoms with Crippen LogP contribution in [0.25, 0.3) is 0 Å². The van der Waals surface area contributed by atoms with Crippen molar-refractivity contribution in [2.24, 2.45) is 4.99 Å². The molecule has 0 aliphatic carbocycles. The van der Waals surface area contributed by atoms with Crippen LogP contribution in [-0.4, -0.2) is 81.9 Å². The molecule has 1 aliphatic rings. The van der Waals surface area contributed by atoms with Crippen LogP contribution >= 0.6 is 0 Å². The minimum absolute atomic E-state index is 0.0850. The number of ether oxygens (including phenoxy) is 2. The minimum atomic E-state index is -3.72. The van der Waals surface area contributed by atoms with Crippen molar-refractivity contribution in [3.8, 4) is 5.75 Å². The normalized spacial score (nSPS) is 14.7. The van der Waals surface area contributed by atoms with E-state index in [4.69, 9.17) is 9.47 Å². The highest BCUT2D eigenvalue weighted by molar-refractivity contribution is 7.89. The molecule has 0 radical (unpaired) electrons. The second-order valence-corrected chi connectivity index (χ2v) is 11.8. The highest BCUT2D eigenvalue weighted by Gasteiger charge is 2.26. The van der Waals surface area contributed by atoms with E-state index in [1.54, 1.807) is 40.0 Å². The maximum absolute atomic E-state index is 13.1. The van der Waals surface area contributed by atoms with Gasteiger partial charge in [0, 0.05) is 38.3 Å². The predicted octanol–water partition coefficient (Wildman–Crippen LogP) is 3.12. The molecule has 10 heteroatoms. The van der Waals surface area contributed by atoms with Crippen LogP contribution in [0.5, 0.6) is 5.75 Å². The second kappa shape index (κ2) is 12.7.